The van der Waals surface area contributed by atoms with Gasteiger partial charge in [0, 0.05) is 27.7 Å². The van der Waals surface area contributed by atoms with Crippen LogP contribution in [0.3, 0.4) is 0 Å². The van der Waals surface area contributed by atoms with Crippen LogP contribution in [-0.4, -0.2) is 15.0 Å². The Hall–Kier alpha value is -4.31. The van der Waals surface area contributed by atoms with Crippen molar-refractivity contribution in [1.29, 1.82) is 0 Å². The maximum Gasteiger partial charge on any atom is 0.163 e. The smallest absolute Gasteiger partial charge is 0.163 e. The fourth-order valence-corrected chi connectivity index (χ4v) is 4.45. The lowest BCUT2D eigenvalue weighted by Crippen LogP contribution is -1.91. The molecule has 0 aliphatic heterocycles. The Labute approximate surface area is 176 Å². The Bertz CT molecular complexity index is 1800. The third-order valence-electron chi connectivity index (χ3n) is 5.89. The van der Waals surface area contributed by atoms with Crippen molar-refractivity contribution in [2.45, 2.75) is 0 Å². The average molecular weight is 397 g/mol. The number of benzene rings is 3. The number of hydrogen-bond acceptors (Lipinski definition) is 4. The molecule has 0 saturated heterocycles. The second-order valence-corrected chi connectivity index (χ2v) is 7.69. The van der Waals surface area contributed by atoms with Gasteiger partial charge in [0.05, 0.1) is 27.8 Å². The van der Waals surface area contributed by atoms with E-state index in [9.17, 15) is 0 Å². The zero-order valence-corrected chi connectivity index (χ0v) is 16.4. The van der Waals surface area contributed by atoms with Gasteiger partial charge >= 0.3 is 0 Å². The minimum atomic E-state index is 0.764. The Balaban J connectivity index is 1.66. The van der Waals surface area contributed by atoms with Crippen molar-refractivity contribution in [1.82, 2.24) is 15.0 Å². The van der Waals surface area contributed by atoms with E-state index in [1.54, 1.807) is 0 Å². The summed E-state index contributed by atoms with van der Waals surface area (Å²) in [6.07, 6.45) is 1.81. The molecule has 0 fully saturated rings. The van der Waals surface area contributed by atoms with Crippen molar-refractivity contribution < 1.29 is 4.42 Å². The molecule has 4 heteroatoms. The van der Waals surface area contributed by atoms with Crippen LogP contribution in [0.2, 0.25) is 0 Å². The molecule has 7 aromatic rings. The van der Waals surface area contributed by atoms with Crippen LogP contribution < -0.4 is 0 Å². The molecule has 0 N–H and O–H groups in total. The zero-order chi connectivity index (χ0) is 20.4. The maximum absolute atomic E-state index is 6.33. The van der Waals surface area contributed by atoms with Crippen molar-refractivity contribution in [2.75, 3.05) is 0 Å². The third kappa shape index (κ3) is 2.33. The van der Waals surface area contributed by atoms with Crippen molar-refractivity contribution in [2.24, 2.45) is 0 Å². The molecular formula is C27H15N3O. The third-order valence-corrected chi connectivity index (χ3v) is 5.89. The Morgan fingerprint density at radius 1 is 0.581 bits per heavy atom. The molecule has 0 aliphatic carbocycles. The van der Waals surface area contributed by atoms with Crippen molar-refractivity contribution in [3.8, 4) is 11.3 Å². The molecule has 0 bridgehead atoms. The average Bonchev–Trinajstić information content (AvgIpc) is 3.20. The molecular weight excluding hydrogens is 382 g/mol. The maximum atomic E-state index is 6.33. The SMILES string of the molecule is c1cnc2c(c1)ccc1ccc(-c3c4ccccc4nc4c3oc3ccccc34)nc12. The number of para-hydroxylation sites is 2. The van der Waals surface area contributed by atoms with E-state index < -0.39 is 0 Å². The molecule has 0 atom stereocenters. The molecule has 0 spiro atoms. The first-order valence-corrected chi connectivity index (χ1v) is 10.2. The first-order valence-electron chi connectivity index (χ1n) is 10.2. The Morgan fingerprint density at radius 2 is 1.35 bits per heavy atom. The molecule has 0 radical (unpaired) electrons. The first-order chi connectivity index (χ1) is 15.4. The first kappa shape index (κ1) is 16.5. The lowest BCUT2D eigenvalue weighted by molar-refractivity contribution is 0.669. The van der Waals surface area contributed by atoms with E-state index in [2.05, 4.69) is 47.4 Å². The van der Waals surface area contributed by atoms with Gasteiger partial charge in [-0.3, -0.25) is 4.98 Å². The summed E-state index contributed by atoms with van der Waals surface area (Å²) in [6.45, 7) is 0. The number of aromatic nitrogens is 3. The minimum Gasteiger partial charge on any atom is -0.454 e. The van der Waals surface area contributed by atoms with Crippen LogP contribution in [-0.2, 0) is 0 Å². The van der Waals surface area contributed by atoms with Crippen LogP contribution in [0.5, 0.6) is 0 Å². The monoisotopic (exact) mass is 397 g/mol. The Morgan fingerprint density at radius 3 is 2.29 bits per heavy atom. The van der Waals surface area contributed by atoms with Crippen LogP contribution in [0.1, 0.15) is 0 Å². The highest BCUT2D eigenvalue weighted by Gasteiger charge is 2.19. The highest BCUT2D eigenvalue weighted by molar-refractivity contribution is 6.15. The van der Waals surface area contributed by atoms with Crippen LogP contribution in [0, 0.1) is 0 Å². The molecule has 0 amide bonds. The number of fused-ring (bicyclic) bond motifs is 7. The van der Waals surface area contributed by atoms with E-state index >= 15 is 0 Å². The lowest BCUT2D eigenvalue weighted by Gasteiger charge is -2.09. The zero-order valence-electron chi connectivity index (χ0n) is 16.4. The van der Waals surface area contributed by atoms with E-state index in [0.717, 1.165) is 66.0 Å². The fraction of sp³-hybridized carbons (Fsp3) is 0. The molecule has 3 aromatic carbocycles. The van der Waals surface area contributed by atoms with Gasteiger partial charge in [0.1, 0.15) is 11.1 Å². The summed E-state index contributed by atoms with van der Waals surface area (Å²) in [5.74, 6) is 0. The quantitative estimate of drug-likeness (QED) is 0.283. The van der Waals surface area contributed by atoms with Crippen molar-refractivity contribution in [3.05, 3.63) is 91.1 Å². The van der Waals surface area contributed by atoms with E-state index in [1.165, 1.54) is 0 Å². The van der Waals surface area contributed by atoms with Crippen LogP contribution in [0.25, 0.3) is 66.0 Å². The minimum absolute atomic E-state index is 0.764. The molecule has 0 aliphatic rings. The van der Waals surface area contributed by atoms with E-state index in [4.69, 9.17) is 14.4 Å². The molecule has 0 unspecified atom stereocenters. The highest BCUT2D eigenvalue weighted by atomic mass is 16.3. The van der Waals surface area contributed by atoms with Crippen LogP contribution in [0.15, 0.2) is 95.5 Å². The largest absolute Gasteiger partial charge is 0.454 e. The van der Waals surface area contributed by atoms with E-state index in [1.807, 2.05) is 48.7 Å². The van der Waals surface area contributed by atoms with Gasteiger partial charge in [-0.2, -0.15) is 0 Å². The molecule has 144 valence electrons. The number of pyridine rings is 3. The van der Waals surface area contributed by atoms with Crippen LogP contribution >= 0.6 is 0 Å². The summed E-state index contributed by atoms with van der Waals surface area (Å²) in [6, 6.07) is 28.6. The van der Waals surface area contributed by atoms with Gasteiger partial charge in [-0.15, -0.1) is 0 Å². The molecule has 31 heavy (non-hydrogen) atoms. The fourth-order valence-electron chi connectivity index (χ4n) is 4.45. The highest BCUT2D eigenvalue weighted by Crippen LogP contribution is 2.39. The number of rotatable bonds is 1. The van der Waals surface area contributed by atoms with Crippen molar-refractivity contribution in [3.63, 3.8) is 0 Å². The van der Waals surface area contributed by atoms with Gasteiger partial charge in [-0.25, -0.2) is 9.97 Å². The van der Waals surface area contributed by atoms with Gasteiger partial charge in [-0.05, 0) is 30.3 Å². The standard InChI is InChI=1S/C27H15N3O/c1-3-9-20-18(7-1)23(27-26(29-20)19-8-2-4-10-22(19)31-27)21-14-13-17-12-11-16-6-5-15-28-24(16)25(17)30-21/h1-15H. The summed E-state index contributed by atoms with van der Waals surface area (Å²) in [7, 11) is 0. The summed E-state index contributed by atoms with van der Waals surface area (Å²) >= 11 is 0. The number of hydrogen-bond donors (Lipinski definition) is 0. The molecule has 4 heterocycles. The van der Waals surface area contributed by atoms with Crippen molar-refractivity contribution >= 4 is 54.8 Å². The summed E-state index contributed by atoms with van der Waals surface area (Å²) in [4.78, 5) is 14.6. The van der Waals surface area contributed by atoms with Gasteiger partial charge in [0.2, 0.25) is 0 Å². The molecule has 4 nitrogen and oxygen atoms in total. The second-order valence-electron chi connectivity index (χ2n) is 7.69. The van der Waals surface area contributed by atoms with Gasteiger partial charge in [-0.1, -0.05) is 54.6 Å². The lowest BCUT2D eigenvalue weighted by atomic mass is 10.0. The van der Waals surface area contributed by atoms with Gasteiger partial charge < -0.3 is 4.42 Å². The molecule has 7 rings (SSSR count). The second kappa shape index (κ2) is 6.09. The summed E-state index contributed by atoms with van der Waals surface area (Å²) in [5, 5.41) is 4.17. The van der Waals surface area contributed by atoms with E-state index in [-0.39, 0.29) is 0 Å². The Kier molecular flexibility index (Phi) is 3.24. The normalized spacial score (nSPS) is 11.9. The predicted molar refractivity (Wildman–Crippen MR) is 125 cm³/mol. The molecule has 4 aromatic heterocycles. The summed E-state index contributed by atoms with van der Waals surface area (Å²) < 4.78 is 6.33. The number of furan rings is 1. The van der Waals surface area contributed by atoms with Gasteiger partial charge in [0.25, 0.3) is 0 Å². The topological polar surface area (TPSA) is 51.8 Å². The number of nitrogens with zero attached hydrogens (tertiary/aromatic N) is 3. The van der Waals surface area contributed by atoms with Crippen LogP contribution in [0.4, 0.5) is 0 Å². The molecule has 0 saturated carbocycles. The summed E-state index contributed by atoms with van der Waals surface area (Å²) in [5.41, 5.74) is 6.99. The predicted octanol–water partition coefficient (Wildman–Crippen LogP) is 6.90. The van der Waals surface area contributed by atoms with Gasteiger partial charge in [0.15, 0.2) is 5.58 Å². The van der Waals surface area contributed by atoms with E-state index in [0.29, 0.717) is 0 Å².